The quantitative estimate of drug-likeness (QED) is 0.578. The summed E-state index contributed by atoms with van der Waals surface area (Å²) in [7, 11) is 3.27. The molecule has 17 heavy (non-hydrogen) atoms. The van der Waals surface area contributed by atoms with E-state index in [4.69, 9.17) is 9.47 Å². The number of hydrogen-bond donors (Lipinski definition) is 0. The van der Waals surface area contributed by atoms with E-state index in [2.05, 4.69) is 4.99 Å². The Hall–Kier alpha value is -1.64. The van der Waals surface area contributed by atoms with Crippen LogP contribution in [-0.4, -0.2) is 20.3 Å². The first-order valence-corrected chi connectivity index (χ1v) is 5.51. The maximum absolute atomic E-state index is 10.5. The van der Waals surface area contributed by atoms with E-state index in [1.165, 1.54) is 0 Å². The normalized spacial score (nSPS) is 16.1. The Morgan fingerprint density at radius 3 is 2.71 bits per heavy atom. The summed E-state index contributed by atoms with van der Waals surface area (Å²) in [4.78, 5) is 14.4. The van der Waals surface area contributed by atoms with E-state index < -0.39 is 5.54 Å². The molecule has 1 aliphatic rings. The summed E-state index contributed by atoms with van der Waals surface area (Å²) in [5, 5.41) is 0. The molecule has 0 unspecified atom stereocenters. The van der Waals surface area contributed by atoms with Gasteiger partial charge in [-0.15, -0.1) is 0 Å². The molecule has 0 saturated heterocycles. The zero-order valence-electron chi connectivity index (χ0n) is 10.0. The Kier molecular flexibility index (Phi) is 3.27. The van der Waals surface area contributed by atoms with Gasteiger partial charge in [0.25, 0.3) is 0 Å². The predicted molar refractivity (Wildman–Crippen MR) is 62.7 cm³/mol. The highest BCUT2D eigenvalue weighted by atomic mass is 16.5. The third-order valence-corrected chi connectivity index (χ3v) is 3.06. The summed E-state index contributed by atoms with van der Waals surface area (Å²) in [6.45, 7) is 0.540. The first-order valence-electron chi connectivity index (χ1n) is 5.51. The number of rotatable bonds is 5. The first-order chi connectivity index (χ1) is 8.25. The van der Waals surface area contributed by atoms with E-state index in [-0.39, 0.29) is 0 Å². The lowest BCUT2D eigenvalue weighted by Crippen LogP contribution is -2.06. The van der Waals surface area contributed by atoms with Gasteiger partial charge in [-0.05, 0) is 30.5 Å². The standard InChI is InChI=1S/C13H15NO3/c1-16-8-10-3-4-12(17-2)11(7-10)13(5-6-13)14-9-15/h3-4,7H,5-6,8H2,1-2H3. The largest absolute Gasteiger partial charge is 0.496 e. The zero-order chi connectivity index (χ0) is 12.3. The molecule has 4 nitrogen and oxygen atoms in total. The van der Waals surface area contributed by atoms with Crippen LogP contribution in [0, 0.1) is 0 Å². The van der Waals surface area contributed by atoms with Crippen molar-refractivity contribution in [1.82, 2.24) is 0 Å². The SMILES string of the molecule is COCc1ccc(OC)c(C2(N=C=O)CC2)c1. The molecule has 0 aliphatic heterocycles. The third-order valence-electron chi connectivity index (χ3n) is 3.06. The molecule has 0 bridgehead atoms. The van der Waals surface area contributed by atoms with Gasteiger partial charge in [-0.25, -0.2) is 4.79 Å². The molecular formula is C13H15NO3. The van der Waals surface area contributed by atoms with Crippen molar-refractivity contribution in [3.05, 3.63) is 29.3 Å². The Labute approximate surface area is 100 Å². The monoisotopic (exact) mass is 233 g/mol. The molecule has 4 heteroatoms. The van der Waals surface area contributed by atoms with E-state index >= 15 is 0 Å². The van der Waals surface area contributed by atoms with Crippen molar-refractivity contribution in [2.75, 3.05) is 14.2 Å². The van der Waals surface area contributed by atoms with Gasteiger partial charge in [-0.2, -0.15) is 4.99 Å². The van der Waals surface area contributed by atoms with E-state index in [1.807, 2.05) is 18.2 Å². The molecule has 0 N–H and O–H groups in total. The van der Waals surface area contributed by atoms with E-state index in [0.717, 1.165) is 29.7 Å². The lowest BCUT2D eigenvalue weighted by Gasteiger charge is -2.14. The van der Waals surface area contributed by atoms with E-state index in [1.54, 1.807) is 20.3 Å². The number of carbonyl (C=O) groups excluding carboxylic acids is 1. The topological polar surface area (TPSA) is 47.9 Å². The number of hydrogen-bond acceptors (Lipinski definition) is 4. The Morgan fingerprint density at radius 1 is 1.41 bits per heavy atom. The average Bonchev–Trinajstić information content (AvgIpc) is 3.11. The first kappa shape index (κ1) is 11.8. The second-order valence-corrected chi connectivity index (χ2v) is 4.20. The molecule has 90 valence electrons. The maximum atomic E-state index is 10.5. The number of benzene rings is 1. The van der Waals surface area contributed by atoms with Crippen LogP contribution in [-0.2, 0) is 21.7 Å². The van der Waals surface area contributed by atoms with Crippen LogP contribution in [0.15, 0.2) is 23.2 Å². The molecule has 0 radical (unpaired) electrons. The zero-order valence-corrected chi connectivity index (χ0v) is 10.0. The van der Waals surface area contributed by atoms with Crippen LogP contribution in [0.25, 0.3) is 0 Å². The van der Waals surface area contributed by atoms with Gasteiger partial charge in [0.2, 0.25) is 6.08 Å². The van der Waals surface area contributed by atoms with Crippen molar-refractivity contribution in [3.8, 4) is 5.75 Å². The van der Waals surface area contributed by atoms with Gasteiger partial charge >= 0.3 is 0 Å². The molecule has 1 fully saturated rings. The van der Waals surface area contributed by atoms with Crippen molar-refractivity contribution in [2.24, 2.45) is 4.99 Å². The van der Waals surface area contributed by atoms with Gasteiger partial charge in [0.05, 0.1) is 13.7 Å². The van der Waals surface area contributed by atoms with Crippen molar-refractivity contribution in [1.29, 1.82) is 0 Å². The molecule has 0 amide bonds. The van der Waals surface area contributed by atoms with Crippen LogP contribution in [0.5, 0.6) is 5.75 Å². The van der Waals surface area contributed by atoms with Gasteiger partial charge in [-0.1, -0.05) is 6.07 Å². The molecule has 0 spiro atoms. The molecule has 1 aromatic rings. The van der Waals surface area contributed by atoms with Crippen LogP contribution < -0.4 is 4.74 Å². The molecule has 2 rings (SSSR count). The fourth-order valence-electron chi connectivity index (χ4n) is 2.02. The van der Waals surface area contributed by atoms with E-state index in [0.29, 0.717) is 6.61 Å². The van der Waals surface area contributed by atoms with Gasteiger partial charge in [0.1, 0.15) is 11.3 Å². The highest BCUT2D eigenvalue weighted by molar-refractivity contribution is 5.48. The Morgan fingerprint density at radius 2 is 2.18 bits per heavy atom. The van der Waals surface area contributed by atoms with Crippen LogP contribution in [0.3, 0.4) is 0 Å². The molecule has 0 aromatic heterocycles. The molecule has 0 heterocycles. The van der Waals surface area contributed by atoms with Crippen molar-refractivity contribution in [2.45, 2.75) is 25.0 Å². The van der Waals surface area contributed by atoms with Gasteiger partial charge < -0.3 is 9.47 Å². The Bertz CT molecular complexity index is 460. The van der Waals surface area contributed by atoms with Gasteiger partial charge in [0, 0.05) is 12.7 Å². The predicted octanol–water partition coefficient (Wildman–Crippen LogP) is 2.17. The smallest absolute Gasteiger partial charge is 0.235 e. The number of methoxy groups -OCH3 is 2. The lowest BCUT2D eigenvalue weighted by atomic mass is 10.0. The van der Waals surface area contributed by atoms with Crippen molar-refractivity contribution < 1.29 is 14.3 Å². The van der Waals surface area contributed by atoms with Crippen LogP contribution >= 0.6 is 0 Å². The number of nitrogens with zero attached hydrogens (tertiary/aromatic N) is 1. The van der Waals surface area contributed by atoms with Crippen LogP contribution in [0.4, 0.5) is 0 Å². The van der Waals surface area contributed by atoms with Crippen LogP contribution in [0.2, 0.25) is 0 Å². The summed E-state index contributed by atoms with van der Waals surface area (Å²) in [6, 6.07) is 5.84. The minimum absolute atomic E-state index is 0.406. The molecule has 0 atom stereocenters. The summed E-state index contributed by atoms with van der Waals surface area (Å²) >= 11 is 0. The van der Waals surface area contributed by atoms with Crippen molar-refractivity contribution >= 4 is 6.08 Å². The highest BCUT2D eigenvalue weighted by Gasteiger charge is 2.46. The summed E-state index contributed by atoms with van der Waals surface area (Å²) in [5.41, 5.74) is 1.60. The minimum atomic E-state index is -0.406. The number of ether oxygens (including phenoxy) is 2. The van der Waals surface area contributed by atoms with Gasteiger partial charge in [0.15, 0.2) is 0 Å². The van der Waals surface area contributed by atoms with E-state index in [9.17, 15) is 4.79 Å². The fraction of sp³-hybridized carbons (Fsp3) is 0.462. The summed E-state index contributed by atoms with van der Waals surface area (Å²) < 4.78 is 10.4. The fourth-order valence-corrected chi connectivity index (χ4v) is 2.02. The molecule has 1 aliphatic carbocycles. The molecular weight excluding hydrogens is 218 g/mol. The number of isocyanates is 1. The third kappa shape index (κ3) is 2.23. The van der Waals surface area contributed by atoms with Gasteiger partial charge in [-0.3, -0.25) is 0 Å². The average molecular weight is 233 g/mol. The molecule has 1 aromatic carbocycles. The second kappa shape index (κ2) is 4.70. The number of aliphatic imine (C=N–C) groups is 1. The Balaban J connectivity index is 2.42. The van der Waals surface area contributed by atoms with Crippen LogP contribution in [0.1, 0.15) is 24.0 Å². The maximum Gasteiger partial charge on any atom is 0.235 e. The lowest BCUT2D eigenvalue weighted by molar-refractivity contribution is 0.184. The molecule has 1 saturated carbocycles. The highest BCUT2D eigenvalue weighted by Crippen LogP contribution is 2.52. The summed E-state index contributed by atoms with van der Waals surface area (Å²) in [5.74, 6) is 0.765. The van der Waals surface area contributed by atoms with Crippen molar-refractivity contribution in [3.63, 3.8) is 0 Å². The minimum Gasteiger partial charge on any atom is -0.496 e. The second-order valence-electron chi connectivity index (χ2n) is 4.20. The summed E-state index contributed by atoms with van der Waals surface area (Å²) in [6.07, 6.45) is 3.40.